The predicted octanol–water partition coefficient (Wildman–Crippen LogP) is 4.91. The number of hydrogen-bond acceptors (Lipinski definition) is 7. The highest BCUT2D eigenvalue weighted by molar-refractivity contribution is 5.89. The van der Waals surface area contributed by atoms with E-state index in [1.807, 2.05) is 54.7 Å². The van der Waals surface area contributed by atoms with Crippen molar-refractivity contribution in [2.75, 3.05) is 19.6 Å². The van der Waals surface area contributed by atoms with Crippen molar-refractivity contribution >= 4 is 17.6 Å². The van der Waals surface area contributed by atoms with E-state index in [1.54, 1.807) is 37.2 Å². The number of rotatable bonds is 8. The number of hydrogen-bond donors (Lipinski definition) is 1. The predicted molar refractivity (Wildman–Crippen MR) is 126 cm³/mol. The third-order valence-electron chi connectivity index (χ3n) is 4.87. The number of benzene rings is 3. The van der Waals surface area contributed by atoms with E-state index in [0.29, 0.717) is 22.9 Å². The monoisotopic (exact) mass is 443 g/mol. The molecule has 0 fully saturated rings. The zero-order valence-electron chi connectivity index (χ0n) is 18.0. The molecule has 0 bridgehead atoms. The van der Waals surface area contributed by atoms with Crippen LogP contribution in [0.25, 0.3) is 16.9 Å². The summed E-state index contributed by atoms with van der Waals surface area (Å²) in [5.74, 6) is 1.20. The van der Waals surface area contributed by atoms with Crippen LogP contribution in [-0.4, -0.2) is 35.1 Å². The van der Waals surface area contributed by atoms with E-state index >= 15 is 0 Å². The van der Waals surface area contributed by atoms with Gasteiger partial charge in [0.05, 0.1) is 36.7 Å². The lowest BCUT2D eigenvalue weighted by atomic mass is 10.1. The number of nitro benzene ring substituents is 1. The molecule has 4 rings (SSSR count). The topological polar surface area (TPSA) is 104 Å². The summed E-state index contributed by atoms with van der Waals surface area (Å²) >= 11 is 0. The largest absolute Gasteiger partial charge is 0.493 e. The lowest BCUT2D eigenvalue weighted by Gasteiger charge is -2.09. The quantitative estimate of drug-likeness (QED) is 0.236. The van der Waals surface area contributed by atoms with E-state index in [4.69, 9.17) is 14.6 Å². The van der Waals surface area contributed by atoms with Crippen molar-refractivity contribution in [2.24, 2.45) is 5.10 Å². The highest BCUT2D eigenvalue weighted by Crippen LogP contribution is 2.33. The highest BCUT2D eigenvalue weighted by atomic mass is 16.6. The van der Waals surface area contributed by atoms with E-state index in [1.165, 1.54) is 12.1 Å². The minimum absolute atomic E-state index is 0.0156. The van der Waals surface area contributed by atoms with E-state index < -0.39 is 4.92 Å². The van der Waals surface area contributed by atoms with Crippen LogP contribution in [0.15, 0.2) is 84.1 Å². The van der Waals surface area contributed by atoms with Crippen LogP contribution < -0.4 is 14.9 Å². The average Bonchev–Trinajstić information content (AvgIpc) is 3.28. The van der Waals surface area contributed by atoms with Crippen molar-refractivity contribution in [3.05, 3.63) is 94.7 Å². The van der Waals surface area contributed by atoms with Crippen LogP contribution in [0, 0.1) is 10.1 Å². The summed E-state index contributed by atoms with van der Waals surface area (Å²) in [7, 11) is 3.16. The number of non-ortho nitro benzene ring substituents is 1. The Labute approximate surface area is 190 Å². The molecule has 3 aromatic carbocycles. The first-order valence-electron chi connectivity index (χ1n) is 10.00. The highest BCUT2D eigenvalue weighted by Gasteiger charge is 2.14. The molecule has 4 aromatic rings. The molecule has 0 saturated heterocycles. The van der Waals surface area contributed by atoms with Gasteiger partial charge >= 0.3 is 0 Å². The lowest BCUT2D eigenvalue weighted by Crippen LogP contribution is -1.95. The third-order valence-corrected chi connectivity index (χ3v) is 4.87. The Hall–Kier alpha value is -4.66. The van der Waals surface area contributed by atoms with Gasteiger partial charge < -0.3 is 9.47 Å². The van der Waals surface area contributed by atoms with Crippen LogP contribution in [0.5, 0.6) is 11.5 Å². The van der Waals surface area contributed by atoms with E-state index in [0.717, 1.165) is 16.8 Å². The number of anilines is 1. The number of nitrogens with zero attached hydrogens (tertiary/aromatic N) is 4. The molecule has 0 aliphatic rings. The maximum atomic E-state index is 11.0. The third kappa shape index (κ3) is 4.82. The van der Waals surface area contributed by atoms with Crippen molar-refractivity contribution in [2.45, 2.75) is 0 Å². The smallest absolute Gasteiger partial charge is 0.271 e. The number of methoxy groups -OCH3 is 2. The normalized spacial score (nSPS) is 10.8. The molecule has 1 N–H and O–H groups in total. The molecule has 0 saturated carbocycles. The van der Waals surface area contributed by atoms with Crippen LogP contribution in [0.4, 0.5) is 11.4 Å². The lowest BCUT2D eigenvalue weighted by molar-refractivity contribution is -0.384. The van der Waals surface area contributed by atoms with Crippen LogP contribution >= 0.6 is 0 Å². The summed E-state index contributed by atoms with van der Waals surface area (Å²) < 4.78 is 12.5. The second kappa shape index (κ2) is 9.65. The summed E-state index contributed by atoms with van der Waals surface area (Å²) in [4.78, 5) is 10.5. The van der Waals surface area contributed by atoms with E-state index in [2.05, 4.69) is 10.5 Å². The summed E-state index contributed by atoms with van der Waals surface area (Å²) in [6.07, 6.45) is 3.48. The number of nitrogens with one attached hydrogen (secondary N) is 1. The van der Waals surface area contributed by atoms with Gasteiger partial charge in [0, 0.05) is 29.5 Å². The summed E-state index contributed by atoms with van der Waals surface area (Å²) in [5.41, 5.74) is 6.46. The van der Waals surface area contributed by atoms with Crippen molar-refractivity contribution < 1.29 is 14.4 Å². The van der Waals surface area contributed by atoms with E-state index in [-0.39, 0.29) is 5.69 Å². The fourth-order valence-electron chi connectivity index (χ4n) is 3.27. The van der Waals surface area contributed by atoms with Crippen LogP contribution in [0.3, 0.4) is 0 Å². The van der Waals surface area contributed by atoms with Gasteiger partial charge in [0.1, 0.15) is 5.69 Å². The molecule has 0 unspecified atom stereocenters. The van der Waals surface area contributed by atoms with Crippen LogP contribution in [0.1, 0.15) is 5.56 Å². The number of para-hydroxylation sites is 1. The Morgan fingerprint density at radius 2 is 1.79 bits per heavy atom. The molecule has 0 amide bonds. The first-order chi connectivity index (χ1) is 16.1. The summed E-state index contributed by atoms with van der Waals surface area (Å²) in [5, 5.41) is 20.0. The van der Waals surface area contributed by atoms with Gasteiger partial charge in [0.2, 0.25) is 0 Å². The Kier molecular flexibility index (Phi) is 6.31. The molecular formula is C24H21N5O4. The summed E-state index contributed by atoms with van der Waals surface area (Å²) in [6.45, 7) is 0. The van der Waals surface area contributed by atoms with Crippen LogP contribution in [0.2, 0.25) is 0 Å². The van der Waals surface area contributed by atoms with Crippen molar-refractivity contribution in [1.82, 2.24) is 9.78 Å². The van der Waals surface area contributed by atoms with Gasteiger partial charge in [0.15, 0.2) is 11.5 Å². The standard InChI is InChI=1S/C24H21N5O4/c1-32-22-12-11-17(13-23(22)33-2)24-18(16-28(27-24)20-8-4-3-5-9-20)15-25-26-19-7-6-10-21(14-19)29(30)31/h3-16,26H,1-2H3/b25-15-. The number of aromatic nitrogens is 2. The maximum absolute atomic E-state index is 11.0. The minimum Gasteiger partial charge on any atom is -0.493 e. The van der Waals surface area contributed by atoms with Gasteiger partial charge in [-0.05, 0) is 36.4 Å². The molecule has 0 aliphatic heterocycles. The molecule has 166 valence electrons. The number of ether oxygens (including phenoxy) is 2. The first kappa shape index (κ1) is 21.6. The molecule has 1 aromatic heterocycles. The number of nitro groups is 1. The van der Waals surface area contributed by atoms with E-state index in [9.17, 15) is 10.1 Å². The molecule has 0 radical (unpaired) electrons. The zero-order chi connectivity index (χ0) is 23.2. The first-order valence-corrected chi connectivity index (χ1v) is 10.00. The minimum atomic E-state index is -0.450. The van der Waals surface area contributed by atoms with Gasteiger partial charge in [-0.15, -0.1) is 0 Å². The molecule has 9 heteroatoms. The molecule has 0 spiro atoms. The van der Waals surface area contributed by atoms with Crippen molar-refractivity contribution in [3.8, 4) is 28.4 Å². The molecule has 0 aliphatic carbocycles. The van der Waals surface area contributed by atoms with Gasteiger partial charge in [-0.2, -0.15) is 10.2 Å². The molecule has 1 heterocycles. The molecule has 9 nitrogen and oxygen atoms in total. The second-order valence-corrected chi connectivity index (χ2v) is 6.96. The SMILES string of the molecule is COc1ccc(-c2nn(-c3ccccc3)cc2/C=N\Nc2cccc([N+](=O)[O-])c2)cc1OC. The fraction of sp³-hybridized carbons (Fsp3) is 0.0833. The second-order valence-electron chi connectivity index (χ2n) is 6.96. The van der Waals surface area contributed by atoms with Gasteiger partial charge in [-0.1, -0.05) is 24.3 Å². The fourth-order valence-corrected chi connectivity index (χ4v) is 3.27. The Morgan fingerprint density at radius 3 is 2.52 bits per heavy atom. The molecule has 33 heavy (non-hydrogen) atoms. The number of hydrazone groups is 1. The molecule has 0 atom stereocenters. The van der Waals surface area contributed by atoms with Crippen molar-refractivity contribution in [3.63, 3.8) is 0 Å². The van der Waals surface area contributed by atoms with Crippen molar-refractivity contribution in [1.29, 1.82) is 0 Å². The van der Waals surface area contributed by atoms with Gasteiger partial charge in [-0.25, -0.2) is 4.68 Å². The van der Waals surface area contributed by atoms with Gasteiger partial charge in [-0.3, -0.25) is 15.5 Å². The Balaban J connectivity index is 1.70. The maximum Gasteiger partial charge on any atom is 0.271 e. The average molecular weight is 443 g/mol. The zero-order valence-corrected chi connectivity index (χ0v) is 18.0. The Morgan fingerprint density at radius 1 is 1.00 bits per heavy atom. The summed E-state index contributed by atoms with van der Waals surface area (Å²) in [6, 6.07) is 21.4. The van der Waals surface area contributed by atoms with Gasteiger partial charge in [0.25, 0.3) is 5.69 Å². The molecular weight excluding hydrogens is 422 g/mol. The Bertz CT molecular complexity index is 1300. The van der Waals surface area contributed by atoms with Crippen LogP contribution in [-0.2, 0) is 0 Å².